The molecule has 1 aromatic heterocycles. The third kappa shape index (κ3) is 2.41. The van der Waals surface area contributed by atoms with Crippen molar-refractivity contribution in [2.75, 3.05) is 7.11 Å². The van der Waals surface area contributed by atoms with Crippen LogP contribution in [0.15, 0.2) is 42.5 Å². The second kappa shape index (κ2) is 5.26. The lowest BCUT2D eigenvalue weighted by atomic mass is 10.0. The number of hydrogen-bond donors (Lipinski definition) is 1. The smallest absolute Gasteiger partial charge is 0.176 e. The third-order valence-electron chi connectivity index (χ3n) is 3.49. The molecule has 0 saturated heterocycles. The summed E-state index contributed by atoms with van der Waals surface area (Å²) in [5.74, 6) is 0.772. The number of Topliss-reactive ketones (excluding diaryl/α,β-unsaturated/α-hetero) is 1. The van der Waals surface area contributed by atoms with Gasteiger partial charge in [0.25, 0.3) is 0 Å². The van der Waals surface area contributed by atoms with Crippen LogP contribution in [0.5, 0.6) is 5.75 Å². The first-order chi connectivity index (χ1) is 10.1. The minimum atomic E-state index is -0.00635. The maximum absolute atomic E-state index is 11.9. The zero-order valence-corrected chi connectivity index (χ0v) is 12.5. The van der Waals surface area contributed by atoms with Gasteiger partial charge in [-0.2, -0.15) is 0 Å². The Hall–Kier alpha value is -2.26. The van der Waals surface area contributed by atoms with Gasteiger partial charge in [0.1, 0.15) is 5.75 Å². The largest absolute Gasteiger partial charge is 0.497 e. The molecule has 0 amide bonds. The molecule has 106 valence electrons. The number of H-pyrrole nitrogens is 1. The molecule has 0 spiro atoms. The van der Waals surface area contributed by atoms with E-state index in [0.29, 0.717) is 10.7 Å². The summed E-state index contributed by atoms with van der Waals surface area (Å²) < 4.78 is 5.17. The summed E-state index contributed by atoms with van der Waals surface area (Å²) in [4.78, 5) is 15.1. The van der Waals surface area contributed by atoms with Gasteiger partial charge in [-0.05, 0) is 35.9 Å². The lowest BCUT2D eigenvalue weighted by molar-refractivity contribution is 0.101. The van der Waals surface area contributed by atoms with Crippen molar-refractivity contribution >= 4 is 28.3 Å². The highest BCUT2D eigenvalue weighted by atomic mass is 35.5. The minimum absolute atomic E-state index is 0.00635. The van der Waals surface area contributed by atoms with E-state index in [2.05, 4.69) is 4.98 Å². The summed E-state index contributed by atoms with van der Waals surface area (Å²) in [6.45, 7) is 1.55. The third-order valence-corrected chi connectivity index (χ3v) is 3.73. The molecule has 0 radical (unpaired) electrons. The van der Waals surface area contributed by atoms with Crippen molar-refractivity contribution in [2.45, 2.75) is 6.92 Å². The molecule has 0 saturated carbocycles. The van der Waals surface area contributed by atoms with E-state index in [1.165, 1.54) is 0 Å². The van der Waals surface area contributed by atoms with E-state index < -0.39 is 0 Å². The zero-order valence-electron chi connectivity index (χ0n) is 11.7. The van der Waals surface area contributed by atoms with Crippen molar-refractivity contribution in [1.82, 2.24) is 4.98 Å². The second-order valence-corrected chi connectivity index (χ2v) is 5.29. The number of benzene rings is 2. The molecule has 1 heterocycles. The molecule has 0 aliphatic carbocycles. The van der Waals surface area contributed by atoms with E-state index in [4.69, 9.17) is 16.3 Å². The van der Waals surface area contributed by atoms with Crippen LogP contribution < -0.4 is 4.74 Å². The SMILES string of the molecule is COc1ccc(-c2c(C(C)=O)[nH]c3ccc(Cl)cc23)cc1. The molecule has 0 unspecified atom stereocenters. The molecular formula is C17H14ClNO2. The van der Waals surface area contributed by atoms with Gasteiger partial charge in [-0.3, -0.25) is 4.79 Å². The molecule has 3 nitrogen and oxygen atoms in total. The molecular weight excluding hydrogens is 286 g/mol. The molecule has 2 aromatic carbocycles. The highest BCUT2D eigenvalue weighted by molar-refractivity contribution is 6.31. The fourth-order valence-electron chi connectivity index (χ4n) is 2.49. The number of carbonyl (C=O) groups excluding carboxylic acids is 1. The van der Waals surface area contributed by atoms with Gasteiger partial charge in [-0.15, -0.1) is 0 Å². The van der Waals surface area contributed by atoms with E-state index >= 15 is 0 Å². The number of fused-ring (bicyclic) bond motifs is 1. The van der Waals surface area contributed by atoms with Crippen LogP contribution >= 0.6 is 11.6 Å². The predicted molar refractivity (Wildman–Crippen MR) is 85.3 cm³/mol. The van der Waals surface area contributed by atoms with Crippen LogP contribution in [0.4, 0.5) is 0 Å². The summed E-state index contributed by atoms with van der Waals surface area (Å²) in [6, 6.07) is 13.2. The fraction of sp³-hybridized carbons (Fsp3) is 0.118. The van der Waals surface area contributed by atoms with Crippen LogP contribution in [-0.4, -0.2) is 17.9 Å². The number of hydrogen-bond acceptors (Lipinski definition) is 2. The number of aromatic nitrogens is 1. The average Bonchev–Trinajstić information content (AvgIpc) is 2.86. The van der Waals surface area contributed by atoms with Crippen LogP contribution in [0, 0.1) is 0 Å². The van der Waals surface area contributed by atoms with Gasteiger partial charge in [0, 0.05) is 28.4 Å². The number of nitrogens with one attached hydrogen (secondary N) is 1. The standard InChI is InChI=1S/C17H14ClNO2/c1-10(20)17-16(11-3-6-13(21-2)7-4-11)14-9-12(18)5-8-15(14)19-17/h3-9,19H,1-2H3. The first-order valence-electron chi connectivity index (χ1n) is 6.56. The highest BCUT2D eigenvalue weighted by Crippen LogP contribution is 2.35. The molecule has 0 bridgehead atoms. The van der Waals surface area contributed by atoms with E-state index in [0.717, 1.165) is 27.8 Å². The summed E-state index contributed by atoms with van der Waals surface area (Å²) in [5, 5.41) is 1.59. The van der Waals surface area contributed by atoms with Gasteiger partial charge < -0.3 is 9.72 Å². The van der Waals surface area contributed by atoms with E-state index in [1.54, 1.807) is 14.0 Å². The summed E-state index contributed by atoms with van der Waals surface area (Å²) in [6.07, 6.45) is 0. The van der Waals surface area contributed by atoms with Gasteiger partial charge in [0.2, 0.25) is 0 Å². The molecule has 0 fully saturated rings. The molecule has 21 heavy (non-hydrogen) atoms. The maximum Gasteiger partial charge on any atom is 0.176 e. The molecule has 3 rings (SSSR count). The number of carbonyl (C=O) groups is 1. The quantitative estimate of drug-likeness (QED) is 0.712. The number of halogens is 1. The van der Waals surface area contributed by atoms with E-state index in [-0.39, 0.29) is 5.78 Å². The Bertz CT molecular complexity index is 819. The number of methoxy groups -OCH3 is 1. The van der Waals surface area contributed by atoms with Crippen LogP contribution in [0.2, 0.25) is 5.02 Å². The Morgan fingerprint density at radius 2 is 1.86 bits per heavy atom. The Labute approximate surface area is 127 Å². The van der Waals surface area contributed by atoms with Gasteiger partial charge in [-0.1, -0.05) is 23.7 Å². The van der Waals surface area contributed by atoms with Gasteiger partial charge >= 0.3 is 0 Å². The van der Waals surface area contributed by atoms with Crippen molar-refractivity contribution in [3.8, 4) is 16.9 Å². The van der Waals surface area contributed by atoms with Gasteiger partial charge in [0.15, 0.2) is 5.78 Å². The number of aromatic amines is 1. The Balaban J connectivity index is 2.29. The van der Waals surface area contributed by atoms with Crippen LogP contribution in [0.3, 0.4) is 0 Å². The van der Waals surface area contributed by atoms with Gasteiger partial charge in [0.05, 0.1) is 12.8 Å². The van der Waals surface area contributed by atoms with Crippen molar-refractivity contribution in [2.24, 2.45) is 0 Å². The topological polar surface area (TPSA) is 42.1 Å². The molecule has 4 heteroatoms. The Kier molecular flexibility index (Phi) is 3.43. The molecule has 3 aromatic rings. The monoisotopic (exact) mass is 299 g/mol. The molecule has 0 aliphatic rings. The maximum atomic E-state index is 11.9. The zero-order chi connectivity index (χ0) is 15.0. The molecule has 0 aliphatic heterocycles. The molecule has 0 atom stereocenters. The Morgan fingerprint density at radius 3 is 2.48 bits per heavy atom. The van der Waals surface area contributed by atoms with Gasteiger partial charge in [-0.25, -0.2) is 0 Å². The fourth-order valence-corrected chi connectivity index (χ4v) is 2.66. The Morgan fingerprint density at radius 1 is 1.14 bits per heavy atom. The first-order valence-corrected chi connectivity index (χ1v) is 6.94. The van der Waals surface area contributed by atoms with Crippen molar-refractivity contribution < 1.29 is 9.53 Å². The lowest BCUT2D eigenvalue weighted by Crippen LogP contribution is -1.95. The second-order valence-electron chi connectivity index (χ2n) is 4.85. The van der Waals surface area contributed by atoms with Crippen LogP contribution in [0.25, 0.3) is 22.0 Å². The molecule has 1 N–H and O–H groups in total. The summed E-state index contributed by atoms with van der Waals surface area (Å²) >= 11 is 6.10. The normalized spacial score (nSPS) is 10.8. The predicted octanol–water partition coefficient (Wildman–Crippen LogP) is 4.70. The highest BCUT2D eigenvalue weighted by Gasteiger charge is 2.16. The van der Waals surface area contributed by atoms with Crippen LogP contribution in [0.1, 0.15) is 17.4 Å². The van der Waals surface area contributed by atoms with Crippen molar-refractivity contribution in [3.63, 3.8) is 0 Å². The number of ketones is 1. The van der Waals surface area contributed by atoms with E-state index in [1.807, 2.05) is 42.5 Å². The average molecular weight is 300 g/mol. The van der Waals surface area contributed by atoms with Crippen LogP contribution in [-0.2, 0) is 0 Å². The first kappa shape index (κ1) is 13.7. The summed E-state index contributed by atoms with van der Waals surface area (Å²) in [7, 11) is 1.63. The van der Waals surface area contributed by atoms with Crippen molar-refractivity contribution in [1.29, 1.82) is 0 Å². The minimum Gasteiger partial charge on any atom is -0.497 e. The number of ether oxygens (including phenoxy) is 1. The number of rotatable bonds is 3. The lowest BCUT2D eigenvalue weighted by Gasteiger charge is -2.05. The summed E-state index contributed by atoms with van der Waals surface area (Å²) in [5.41, 5.74) is 3.32. The van der Waals surface area contributed by atoms with Crippen molar-refractivity contribution in [3.05, 3.63) is 53.2 Å². The van der Waals surface area contributed by atoms with E-state index in [9.17, 15) is 4.79 Å².